The van der Waals surface area contributed by atoms with Crippen molar-refractivity contribution in [3.63, 3.8) is 0 Å². The first kappa shape index (κ1) is 22.3. The van der Waals surface area contributed by atoms with E-state index >= 15 is 0 Å². The molecule has 0 saturated carbocycles. The molecule has 0 aromatic heterocycles. The van der Waals surface area contributed by atoms with E-state index in [-0.39, 0.29) is 30.0 Å². The average Bonchev–Trinajstić information content (AvgIpc) is 3.46. The summed E-state index contributed by atoms with van der Waals surface area (Å²) in [5, 5.41) is 16.0. The van der Waals surface area contributed by atoms with Crippen molar-refractivity contribution in [1.82, 2.24) is 10.2 Å². The average molecular weight is 484 g/mol. The minimum atomic E-state index is -1.34. The Hall–Kier alpha value is -4.17. The molecule has 0 aliphatic carbocycles. The summed E-state index contributed by atoms with van der Waals surface area (Å²) in [5.41, 5.74) is 1.58. The number of nitrogens with zero attached hydrogens (tertiary/aromatic N) is 1. The molecular weight excluding hydrogens is 458 g/mol. The number of phenols is 1. The van der Waals surface area contributed by atoms with E-state index in [9.17, 15) is 19.5 Å². The predicted octanol–water partition coefficient (Wildman–Crippen LogP) is 2.56. The van der Waals surface area contributed by atoms with Gasteiger partial charge in [0.05, 0.1) is 25.5 Å². The minimum Gasteiger partial charge on any atom is -0.508 e. The lowest BCUT2D eigenvalue weighted by molar-refractivity contribution is -0.143. The molecule has 3 aliphatic heterocycles. The number of carbonyl (C=O) groups is 3. The molecule has 0 radical (unpaired) electrons. The Bertz CT molecular complexity index is 1390. The van der Waals surface area contributed by atoms with Crippen LogP contribution in [0.2, 0.25) is 0 Å². The van der Waals surface area contributed by atoms with Crippen molar-refractivity contribution in [3.8, 4) is 11.5 Å². The number of benzene rings is 3. The maximum atomic E-state index is 14.0. The van der Waals surface area contributed by atoms with Crippen LogP contribution in [0.5, 0.6) is 11.5 Å². The van der Waals surface area contributed by atoms with Crippen LogP contribution in [0.15, 0.2) is 72.8 Å². The third kappa shape index (κ3) is 3.14. The summed E-state index contributed by atoms with van der Waals surface area (Å²) in [6.45, 7) is 0.0694. The summed E-state index contributed by atoms with van der Waals surface area (Å²) in [5.74, 6) is -1.88. The van der Waals surface area contributed by atoms with Crippen LogP contribution in [0, 0.1) is 11.8 Å². The summed E-state index contributed by atoms with van der Waals surface area (Å²) in [6.07, 6.45) is 0.417. The van der Waals surface area contributed by atoms with Gasteiger partial charge >= 0.3 is 0 Å². The molecule has 182 valence electrons. The highest BCUT2D eigenvalue weighted by Crippen LogP contribution is 2.53. The third-order valence-electron chi connectivity index (χ3n) is 7.63. The predicted molar refractivity (Wildman–Crippen MR) is 131 cm³/mol. The lowest BCUT2D eigenvalue weighted by Gasteiger charge is -2.29. The molecule has 8 heteroatoms. The van der Waals surface area contributed by atoms with Crippen molar-refractivity contribution in [2.24, 2.45) is 11.8 Å². The topological polar surface area (TPSA) is 108 Å². The van der Waals surface area contributed by atoms with Crippen LogP contribution in [0.4, 0.5) is 5.69 Å². The highest BCUT2D eigenvalue weighted by atomic mass is 16.5. The quantitative estimate of drug-likeness (QED) is 0.482. The first-order chi connectivity index (χ1) is 17.4. The molecule has 2 fully saturated rings. The van der Waals surface area contributed by atoms with Gasteiger partial charge in [-0.15, -0.1) is 0 Å². The Morgan fingerprint density at radius 2 is 1.67 bits per heavy atom. The molecule has 2 saturated heterocycles. The Morgan fingerprint density at radius 3 is 2.44 bits per heavy atom. The molecule has 0 bridgehead atoms. The number of anilines is 1. The van der Waals surface area contributed by atoms with Gasteiger partial charge in [-0.25, -0.2) is 0 Å². The fourth-order valence-corrected chi connectivity index (χ4v) is 6.04. The SMILES string of the molecule is COc1ccccc1CN1C(=O)[C@H]2[C@@H](C1=O)[C@]1(N[C@@H]2Cc2ccc(O)cc2)C(=O)Nc2ccccc21. The van der Waals surface area contributed by atoms with Crippen molar-refractivity contribution in [2.45, 2.75) is 24.5 Å². The van der Waals surface area contributed by atoms with Gasteiger partial charge in [0.2, 0.25) is 17.7 Å². The van der Waals surface area contributed by atoms with E-state index in [1.54, 1.807) is 43.5 Å². The summed E-state index contributed by atoms with van der Waals surface area (Å²) in [4.78, 5) is 42.7. The standard InChI is InChI=1S/C28H25N3O5/c1-36-22-9-5-2-6-17(22)15-31-25(33)23-21(14-16-10-12-18(32)13-11-16)30-28(24(23)26(31)34)19-7-3-4-8-20(19)29-27(28)35/h2-13,21,23-24,30,32H,14-15H2,1H3,(H,29,35)/t21-,23-,24+,28+/m1/s1. The number of aromatic hydroxyl groups is 1. The number of rotatable bonds is 5. The largest absolute Gasteiger partial charge is 0.508 e. The molecular formula is C28H25N3O5. The number of ether oxygens (including phenoxy) is 1. The molecule has 3 aliphatic rings. The molecule has 8 nitrogen and oxygen atoms in total. The lowest BCUT2D eigenvalue weighted by Crippen LogP contribution is -2.53. The number of hydrogen-bond donors (Lipinski definition) is 3. The number of imide groups is 1. The molecule has 3 aromatic rings. The number of hydrogen-bond acceptors (Lipinski definition) is 6. The van der Waals surface area contributed by atoms with Gasteiger partial charge in [-0.05, 0) is 36.2 Å². The van der Waals surface area contributed by atoms with Crippen molar-refractivity contribution in [1.29, 1.82) is 0 Å². The number of amides is 3. The van der Waals surface area contributed by atoms with E-state index in [0.717, 1.165) is 11.1 Å². The number of fused-ring (bicyclic) bond motifs is 4. The monoisotopic (exact) mass is 483 g/mol. The molecule has 3 amide bonds. The molecule has 0 unspecified atom stereocenters. The van der Waals surface area contributed by atoms with E-state index in [0.29, 0.717) is 23.4 Å². The van der Waals surface area contributed by atoms with Crippen molar-refractivity contribution in [3.05, 3.63) is 89.5 Å². The zero-order valence-electron chi connectivity index (χ0n) is 19.6. The van der Waals surface area contributed by atoms with Crippen molar-refractivity contribution >= 4 is 23.4 Å². The Labute approximate surface area is 207 Å². The molecule has 6 rings (SSSR count). The van der Waals surface area contributed by atoms with Crippen LogP contribution >= 0.6 is 0 Å². The van der Waals surface area contributed by atoms with Crippen LogP contribution in [-0.4, -0.2) is 40.9 Å². The van der Waals surface area contributed by atoms with Crippen LogP contribution in [0.3, 0.4) is 0 Å². The van der Waals surface area contributed by atoms with Crippen LogP contribution in [0.1, 0.15) is 16.7 Å². The number of phenolic OH excluding ortho intramolecular Hbond substituents is 1. The number of para-hydroxylation sites is 2. The second kappa shape index (κ2) is 8.20. The molecule has 36 heavy (non-hydrogen) atoms. The molecule has 3 N–H and O–H groups in total. The molecule has 3 aromatic carbocycles. The second-order valence-electron chi connectivity index (χ2n) is 9.51. The van der Waals surface area contributed by atoms with Gasteiger partial charge < -0.3 is 15.2 Å². The van der Waals surface area contributed by atoms with Gasteiger partial charge in [-0.3, -0.25) is 24.6 Å². The molecule has 4 atom stereocenters. The van der Waals surface area contributed by atoms with Gasteiger partial charge in [-0.2, -0.15) is 0 Å². The normalized spacial score (nSPS) is 26.3. The van der Waals surface area contributed by atoms with Crippen LogP contribution in [0.25, 0.3) is 0 Å². The van der Waals surface area contributed by atoms with E-state index in [1.165, 1.54) is 4.90 Å². The Kier molecular flexibility index (Phi) is 5.08. The summed E-state index contributed by atoms with van der Waals surface area (Å²) >= 11 is 0. The second-order valence-corrected chi connectivity index (χ2v) is 9.51. The van der Waals surface area contributed by atoms with E-state index in [4.69, 9.17) is 4.74 Å². The highest BCUT2D eigenvalue weighted by molar-refractivity contribution is 6.15. The van der Waals surface area contributed by atoms with Gasteiger partial charge in [-0.1, -0.05) is 48.5 Å². The van der Waals surface area contributed by atoms with Gasteiger partial charge in [0.1, 0.15) is 17.0 Å². The fourth-order valence-electron chi connectivity index (χ4n) is 6.04. The maximum Gasteiger partial charge on any atom is 0.250 e. The smallest absolute Gasteiger partial charge is 0.250 e. The first-order valence-electron chi connectivity index (χ1n) is 11.9. The van der Waals surface area contributed by atoms with Gasteiger partial charge in [0.15, 0.2) is 0 Å². The number of methoxy groups -OCH3 is 1. The van der Waals surface area contributed by atoms with Crippen LogP contribution < -0.4 is 15.4 Å². The van der Waals surface area contributed by atoms with Gasteiger partial charge in [0.25, 0.3) is 0 Å². The third-order valence-corrected chi connectivity index (χ3v) is 7.63. The minimum absolute atomic E-state index is 0.0694. The van der Waals surface area contributed by atoms with E-state index in [2.05, 4.69) is 10.6 Å². The lowest BCUT2D eigenvalue weighted by atomic mass is 9.76. The molecule has 1 spiro atoms. The summed E-state index contributed by atoms with van der Waals surface area (Å²) in [6, 6.07) is 20.9. The zero-order valence-corrected chi connectivity index (χ0v) is 19.6. The number of nitrogens with one attached hydrogen (secondary N) is 2. The summed E-state index contributed by atoms with van der Waals surface area (Å²) in [7, 11) is 1.55. The fraction of sp³-hybridized carbons (Fsp3) is 0.250. The Balaban J connectivity index is 1.43. The molecule has 3 heterocycles. The van der Waals surface area contributed by atoms with Crippen molar-refractivity contribution < 1.29 is 24.2 Å². The highest BCUT2D eigenvalue weighted by Gasteiger charge is 2.70. The number of carbonyl (C=O) groups excluding carboxylic acids is 3. The van der Waals surface area contributed by atoms with E-state index in [1.807, 2.05) is 36.4 Å². The zero-order chi connectivity index (χ0) is 25.0. The van der Waals surface area contributed by atoms with Crippen molar-refractivity contribution in [2.75, 3.05) is 12.4 Å². The van der Waals surface area contributed by atoms with E-state index < -0.39 is 23.4 Å². The maximum absolute atomic E-state index is 14.0. The summed E-state index contributed by atoms with van der Waals surface area (Å²) < 4.78 is 5.44. The van der Waals surface area contributed by atoms with Gasteiger partial charge in [0, 0.05) is 22.9 Å². The Morgan fingerprint density at radius 1 is 0.944 bits per heavy atom. The number of likely N-dealkylation sites (tertiary alicyclic amines) is 1. The van der Waals surface area contributed by atoms with Crippen LogP contribution in [-0.2, 0) is 32.9 Å². The first-order valence-corrected chi connectivity index (χ1v) is 11.9.